The molecule has 0 atom stereocenters. The van der Waals surface area contributed by atoms with Gasteiger partial charge in [0.1, 0.15) is 0 Å². The van der Waals surface area contributed by atoms with Gasteiger partial charge < -0.3 is 14.9 Å². The van der Waals surface area contributed by atoms with Crippen LogP contribution >= 0.6 is 33.0 Å². The molecule has 1 N–H and O–H groups in total. The molecule has 0 radical (unpaired) electrons. The van der Waals surface area contributed by atoms with Crippen molar-refractivity contribution in [3.8, 4) is 0 Å². The van der Waals surface area contributed by atoms with Crippen molar-refractivity contribution in [3.05, 3.63) is 82.9 Å². The summed E-state index contributed by atoms with van der Waals surface area (Å²) >= 11 is 6.00. The minimum Gasteiger partial charge on any atom is -0.392 e. The van der Waals surface area contributed by atoms with E-state index in [1.165, 1.54) is 33.4 Å². The van der Waals surface area contributed by atoms with E-state index in [4.69, 9.17) is 15.8 Å². The molecule has 2 aromatic rings. The van der Waals surface area contributed by atoms with Crippen molar-refractivity contribution in [1.82, 2.24) is 9.80 Å². The van der Waals surface area contributed by atoms with Gasteiger partial charge in [-0.3, -0.25) is 0 Å². The van der Waals surface area contributed by atoms with Gasteiger partial charge in [-0.25, -0.2) is 4.21 Å². The number of alkyl halides is 1. The molecule has 2 aliphatic heterocycles. The van der Waals surface area contributed by atoms with Crippen LogP contribution in [-0.4, -0.2) is 71.9 Å². The molecule has 0 aliphatic carbocycles. The van der Waals surface area contributed by atoms with Gasteiger partial charge in [0.05, 0.1) is 6.61 Å². The molecule has 4 rings (SSSR count). The van der Waals surface area contributed by atoms with Gasteiger partial charge in [-0.2, -0.15) is 0 Å². The van der Waals surface area contributed by atoms with Crippen LogP contribution in [0, 0.1) is 0 Å². The summed E-state index contributed by atoms with van der Waals surface area (Å²) in [5, 5.41) is 9.33. The van der Waals surface area contributed by atoms with E-state index in [0.29, 0.717) is 5.88 Å². The van der Waals surface area contributed by atoms with Gasteiger partial charge in [-0.15, -0.1) is 11.6 Å². The maximum Gasteiger partial charge on any atom is 0.211 e. The quantitative estimate of drug-likeness (QED) is 0.389. The summed E-state index contributed by atoms with van der Waals surface area (Å²) in [6, 6.07) is 20.9. The third kappa shape index (κ3) is 9.82. The number of aliphatic hydroxyl groups is 1. The first kappa shape index (κ1) is 29.1. The lowest BCUT2D eigenvalue weighted by Gasteiger charge is -2.27. The molecule has 0 spiro atoms. The van der Waals surface area contributed by atoms with Gasteiger partial charge in [-0.05, 0) is 60.4 Å². The molecule has 186 valence electrons. The molecular formula is C26H33Cl3N2O2S. The molecule has 0 bridgehead atoms. The Kier molecular flexibility index (Phi) is 13.5. The van der Waals surface area contributed by atoms with E-state index in [1.54, 1.807) is 0 Å². The summed E-state index contributed by atoms with van der Waals surface area (Å²) in [5.74, 6) is 0.665. The standard InChI is InChI=1S/C13H16ClN.C13H17NO.Cl2OS/c1-15-8-7-12(9-14)13(10-15)11-5-3-2-4-6-11;1-14-8-7-12(10-15)13(9-14)11-5-3-2-4-6-11;1-4(2)3/h2-6H,7-10H2,1H3;2-6,15H,7-10H2,1H3;. The molecular weight excluding hydrogens is 511 g/mol. The lowest BCUT2D eigenvalue weighted by Crippen LogP contribution is -2.28. The third-order valence-corrected chi connectivity index (χ3v) is 6.22. The zero-order valence-corrected chi connectivity index (χ0v) is 22.8. The van der Waals surface area contributed by atoms with Crippen LogP contribution < -0.4 is 0 Å². The smallest absolute Gasteiger partial charge is 0.211 e. The van der Waals surface area contributed by atoms with Crippen LogP contribution in [-0.2, 0) is 9.23 Å². The van der Waals surface area contributed by atoms with E-state index in [9.17, 15) is 5.11 Å². The first-order valence-electron chi connectivity index (χ1n) is 11.2. The largest absolute Gasteiger partial charge is 0.392 e. The minimum absolute atomic E-state index is 0.193. The van der Waals surface area contributed by atoms with Gasteiger partial charge in [0, 0.05) is 53.4 Å². The monoisotopic (exact) mass is 542 g/mol. The molecule has 0 aromatic heterocycles. The summed E-state index contributed by atoms with van der Waals surface area (Å²) in [6.07, 6.45) is 2.08. The summed E-state index contributed by atoms with van der Waals surface area (Å²) in [6.45, 7) is 4.33. The Labute approximate surface area is 220 Å². The van der Waals surface area contributed by atoms with Crippen molar-refractivity contribution in [2.24, 2.45) is 0 Å². The maximum absolute atomic E-state index is 9.33. The van der Waals surface area contributed by atoms with Crippen molar-refractivity contribution < 1.29 is 9.32 Å². The van der Waals surface area contributed by atoms with E-state index >= 15 is 0 Å². The van der Waals surface area contributed by atoms with Gasteiger partial charge in [0.2, 0.25) is 9.23 Å². The second-order valence-corrected chi connectivity index (χ2v) is 11.1. The summed E-state index contributed by atoms with van der Waals surface area (Å²) in [4.78, 5) is 4.64. The Balaban J connectivity index is 0.000000208. The van der Waals surface area contributed by atoms with Crippen LogP contribution in [0.3, 0.4) is 0 Å². The minimum atomic E-state index is -1.67. The van der Waals surface area contributed by atoms with Crippen molar-refractivity contribution in [3.63, 3.8) is 0 Å². The summed E-state index contributed by atoms with van der Waals surface area (Å²) in [7, 11) is 11.6. The first-order chi connectivity index (χ1) is 16.3. The molecule has 8 heteroatoms. The van der Waals surface area contributed by atoms with Crippen molar-refractivity contribution in [1.29, 1.82) is 0 Å². The fourth-order valence-corrected chi connectivity index (χ4v) is 4.36. The van der Waals surface area contributed by atoms with Crippen LogP contribution in [0.5, 0.6) is 0 Å². The molecule has 4 nitrogen and oxygen atoms in total. The molecule has 0 amide bonds. The van der Waals surface area contributed by atoms with Crippen LogP contribution in [0.25, 0.3) is 11.1 Å². The lowest BCUT2D eigenvalue weighted by molar-refractivity contribution is 0.304. The van der Waals surface area contributed by atoms with Crippen LogP contribution in [0.2, 0.25) is 0 Å². The van der Waals surface area contributed by atoms with Crippen LogP contribution in [0.4, 0.5) is 0 Å². The van der Waals surface area contributed by atoms with E-state index in [-0.39, 0.29) is 6.61 Å². The highest BCUT2D eigenvalue weighted by Gasteiger charge is 2.17. The Bertz CT molecular complexity index is 891. The third-order valence-electron chi connectivity index (χ3n) is 5.90. The van der Waals surface area contributed by atoms with Gasteiger partial charge in [-0.1, -0.05) is 60.7 Å². The van der Waals surface area contributed by atoms with Crippen LogP contribution in [0.1, 0.15) is 24.0 Å². The number of aliphatic hydroxyl groups excluding tert-OH is 1. The molecule has 0 saturated carbocycles. The van der Waals surface area contributed by atoms with Gasteiger partial charge in [0.15, 0.2) is 0 Å². The zero-order valence-electron chi connectivity index (χ0n) is 19.7. The number of likely N-dealkylation sites (N-methyl/N-ethyl adjacent to an activating group) is 2. The van der Waals surface area contributed by atoms with E-state index < -0.39 is 9.23 Å². The molecule has 2 aromatic carbocycles. The second kappa shape index (κ2) is 15.7. The lowest BCUT2D eigenvalue weighted by atomic mass is 9.95. The number of halogens is 3. The SMILES string of the molecule is CN1CCC(CCl)=C(c2ccccc2)C1.CN1CCC(CO)=C(c2ccccc2)C1.O=S(Cl)Cl. The normalized spacial score (nSPS) is 17.1. The van der Waals surface area contributed by atoms with Crippen LogP contribution in [0.15, 0.2) is 71.8 Å². The summed E-state index contributed by atoms with van der Waals surface area (Å²) < 4.78 is 9.09. The average Bonchev–Trinajstić information content (AvgIpc) is 2.85. The molecule has 34 heavy (non-hydrogen) atoms. The first-order valence-corrected chi connectivity index (χ1v) is 14.5. The summed E-state index contributed by atoms with van der Waals surface area (Å²) in [5.41, 5.74) is 7.87. The number of hydrogen-bond donors (Lipinski definition) is 1. The van der Waals surface area contributed by atoms with Crippen molar-refractivity contribution in [2.75, 3.05) is 52.8 Å². The Morgan fingerprint density at radius 1 is 0.794 bits per heavy atom. The Morgan fingerprint density at radius 2 is 1.18 bits per heavy atom. The predicted octanol–water partition coefficient (Wildman–Crippen LogP) is 5.83. The predicted molar refractivity (Wildman–Crippen MR) is 149 cm³/mol. The van der Waals surface area contributed by atoms with E-state index in [1.807, 2.05) is 18.2 Å². The van der Waals surface area contributed by atoms with E-state index in [2.05, 4.69) is 87.7 Å². The molecule has 0 saturated heterocycles. The zero-order chi connectivity index (χ0) is 24.9. The van der Waals surface area contributed by atoms with Gasteiger partial charge in [0.25, 0.3) is 0 Å². The fourth-order valence-electron chi connectivity index (χ4n) is 4.07. The Morgan fingerprint density at radius 3 is 1.56 bits per heavy atom. The molecule has 2 heterocycles. The van der Waals surface area contributed by atoms with Crippen molar-refractivity contribution in [2.45, 2.75) is 12.8 Å². The second-order valence-electron chi connectivity index (χ2n) is 8.35. The van der Waals surface area contributed by atoms with Crippen molar-refractivity contribution >= 4 is 53.3 Å². The molecule has 0 fully saturated rings. The highest BCUT2D eigenvalue weighted by atomic mass is 36.0. The number of rotatable bonds is 4. The highest BCUT2D eigenvalue weighted by molar-refractivity contribution is 8.26. The number of nitrogens with zero attached hydrogens (tertiary/aromatic N) is 2. The Hall–Kier alpha value is -1.18. The number of benzene rings is 2. The van der Waals surface area contributed by atoms with E-state index in [0.717, 1.165) is 39.0 Å². The highest BCUT2D eigenvalue weighted by Crippen LogP contribution is 2.27. The topological polar surface area (TPSA) is 43.8 Å². The number of hydrogen-bond acceptors (Lipinski definition) is 4. The van der Waals surface area contributed by atoms with Gasteiger partial charge >= 0.3 is 0 Å². The fraction of sp³-hybridized carbons (Fsp3) is 0.385. The molecule has 2 aliphatic rings. The average molecular weight is 544 g/mol. The maximum atomic E-state index is 9.33. The molecule has 0 unspecified atom stereocenters.